The first kappa shape index (κ1) is 19.0. The highest BCUT2D eigenvalue weighted by Gasteiger charge is 2.21. The molecule has 1 saturated heterocycles. The maximum Gasteiger partial charge on any atom is 0.269 e. The van der Waals surface area contributed by atoms with Crippen LogP contribution < -0.4 is 5.32 Å². The number of benzene rings is 2. The maximum atomic E-state index is 12.7. The van der Waals surface area contributed by atoms with Gasteiger partial charge in [-0.05, 0) is 24.6 Å². The Morgan fingerprint density at radius 3 is 2.37 bits per heavy atom. The van der Waals surface area contributed by atoms with Crippen LogP contribution in [0.25, 0.3) is 0 Å². The third-order valence-electron chi connectivity index (χ3n) is 4.67. The van der Waals surface area contributed by atoms with E-state index in [0.29, 0.717) is 25.3 Å². The summed E-state index contributed by atoms with van der Waals surface area (Å²) in [4.78, 5) is 25.3. The maximum absolute atomic E-state index is 12.7. The molecule has 7 heteroatoms. The SMILES string of the molecule is Cc1ccc([C@H](CN2CCOCC2)NC(=O)c2ccc([N+](=O)[O-])cc2)cc1. The summed E-state index contributed by atoms with van der Waals surface area (Å²) in [6, 6.07) is 13.6. The molecule has 0 unspecified atom stereocenters. The van der Waals surface area contributed by atoms with E-state index in [0.717, 1.165) is 24.2 Å². The molecule has 1 aliphatic heterocycles. The fourth-order valence-corrected chi connectivity index (χ4v) is 3.05. The van der Waals surface area contributed by atoms with Gasteiger partial charge in [-0.2, -0.15) is 0 Å². The lowest BCUT2D eigenvalue weighted by atomic mass is 10.0. The van der Waals surface area contributed by atoms with Crippen LogP contribution in [0, 0.1) is 17.0 Å². The molecule has 1 heterocycles. The largest absolute Gasteiger partial charge is 0.379 e. The number of amides is 1. The zero-order valence-electron chi connectivity index (χ0n) is 15.3. The van der Waals surface area contributed by atoms with Crippen molar-refractivity contribution in [2.45, 2.75) is 13.0 Å². The highest BCUT2D eigenvalue weighted by atomic mass is 16.6. The number of carbonyl (C=O) groups excluding carboxylic acids is 1. The smallest absolute Gasteiger partial charge is 0.269 e. The van der Waals surface area contributed by atoms with E-state index in [1.54, 1.807) is 0 Å². The molecule has 7 nitrogen and oxygen atoms in total. The van der Waals surface area contributed by atoms with Gasteiger partial charge in [0.25, 0.3) is 11.6 Å². The topological polar surface area (TPSA) is 84.7 Å². The zero-order chi connectivity index (χ0) is 19.2. The van der Waals surface area contributed by atoms with Gasteiger partial charge in [-0.25, -0.2) is 0 Å². The Labute approximate surface area is 158 Å². The first-order valence-electron chi connectivity index (χ1n) is 8.95. The van der Waals surface area contributed by atoms with E-state index in [1.165, 1.54) is 24.3 Å². The minimum atomic E-state index is -0.477. The van der Waals surface area contributed by atoms with E-state index in [9.17, 15) is 14.9 Å². The molecule has 0 radical (unpaired) electrons. The summed E-state index contributed by atoms with van der Waals surface area (Å²) >= 11 is 0. The summed E-state index contributed by atoms with van der Waals surface area (Å²) < 4.78 is 5.40. The lowest BCUT2D eigenvalue weighted by Crippen LogP contribution is -2.43. The summed E-state index contributed by atoms with van der Waals surface area (Å²) in [6.07, 6.45) is 0. The molecule has 1 fully saturated rings. The Morgan fingerprint density at radius 1 is 1.15 bits per heavy atom. The lowest BCUT2D eigenvalue weighted by Gasteiger charge is -2.31. The second-order valence-electron chi connectivity index (χ2n) is 6.65. The Kier molecular flexibility index (Phi) is 6.16. The van der Waals surface area contributed by atoms with Crippen LogP contribution in [0.1, 0.15) is 27.5 Å². The first-order chi connectivity index (χ1) is 13.0. The van der Waals surface area contributed by atoms with Gasteiger partial charge in [-0.3, -0.25) is 19.8 Å². The van der Waals surface area contributed by atoms with E-state index >= 15 is 0 Å². The minimum Gasteiger partial charge on any atom is -0.379 e. The highest BCUT2D eigenvalue weighted by Crippen LogP contribution is 2.18. The van der Waals surface area contributed by atoms with Crippen molar-refractivity contribution in [2.75, 3.05) is 32.8 Å². The number of ether oxygens (including phenoxy) is 1. The Hall–Kier alpha value is -2.77. The van der Waals surface area contributed by atoms with Gasteiger partial charge in [0.15, 0.2) is 0 Å². The van der Waals surface area contributed by atoms with Gasteiger partial charge < -0.3 is 10.1 Å². The van der Waals surface area contributed by atoms with Crippen molar-refractivity contribution in [1.82, 2.24) is 10.2 Å². The average molecular weight is 369 g/mol. The number of rotatable bonds is 6. The zero-order valence-corrected chi connectivity index (χ0v) is 15.3. The third kappa shape index (κ3) is 5.12. The van der Waals surface area contributed by atoms with Crippen molar-refractivity contribution in [1.29, 1.82) is 0 Å². The molecular formula is C20H23N3O4. The number of nitro benzene ring substituents is 1. The summed E-state index contributed by atoms with van der Waals surface area (Å²) in [5.41, 5.74) is 2.56. The normalized spacial score (nSPS) is 15.9. The Balaban J connectivity index is 1.75. The van der Waals surface area contributed by atoms with Gasteiger partial charge in [0.05, 0.1) is 24.2 Å². The van der Waals surface area contributed by atoms with E-state index in [-0.39, 0.29) is 17.6 Å². The number of nitrogens with zero attached hydrogens (tertiary/aromatic N) is 2. The second-order valence-corrected chi connectivity index (χ2v) is 6.65. The fourth-order valence-electron chi connectivity index (χ4n) is 3.05. The van der Waals surface area contributed by atoms with Crippen molar-refractivity contribution in [3.8, 4) is 0 Å². The number of non-ortho nitro benzene ring substituents is 1. The highest BCUT2D eigenvalue weighted by molar-refractivity contribution is 5.94. The quantitative estimate of drug-likeness (QED) is 0.625. The number of carbonyl (C=O) groups is 1. The summed E-state index contributed by atoms with van der Waals surface area (Å²) in [5.74, 6) is -0.247. The molecule has 2 aromatic rings. The van der Waals surface area contributed by atoms with Crippen molar-refractivity contribution in [3.05, 3.63) is 75.3 Å². The molecule has 1 aliphatic rings. The molecule has 1 amide bonds. The number of nitrogens with one attached hydrogen (secondary N) is 1. The van der Waals surface area contributed by atoms with Gasteiger partial charge in [0, 0.05) is 37.3 Å². The molecule has 142 valence electrons. The Bertz CT molecular complexity index is 784. The van der Waals surface area contributed by atoms with Crippen LogP contribution >= 0.6 is 0 Å². The van der Waals surface area contributed by atoms with Crippen LogP contribution in [-0.4, -0.2) is 48.6 Å². The van der Waals surface area contributed by atoms with Crippen molar-refractivity contribution in [2.24, 2.45) is 0 Å². The molecule has 0 aromatic heterocycles. The van der Waals surface area contributed by atoms with Gasteiger partial charge in [0.2, 0.25) is 0 Å². The monoisotopic (exact) mass is 369 g/mol. The molecule has 0 saturated carbocycles. The second kappa shape index (κ2) is 8.75. The first-order valence-corrected chi connectivity index (χ1v) is 8.95. The predicted molar refractivity (Wildman–Crippen MR) is 102 cm³/mol. The van der Waals surface area contributed by atoms with E-state index < -0.39 is 4.92 Å². The van der Waals surface area contributed by atoms with Crippen molar-refractivity contribution in [3.63, 3.8) is 0 Å². The van der Waals surface area contributed by atoms with Gasteiger partial charge in [-0.1, -0.05) is 29.8 Å². The van der Waals surface area contributed by atoms with E-state index in [2.05, 4.69) is 10.2 Å². The summed E-state index contributed by atoms with van der Waals surface area (Å²) in [6.45, 7) is 5.75. The number of nitro groups is 1. The van der Waals surface area contributed by atoms with Crippen molar-refractivity contribution < 1.29 is 14.5 Å². The van der Waals surface area contributed by atoms with Crippen LogP contribution in [-0.2, 0) is 4.74 Å². The molecule has 27 heavy (non-hydrogen) atoms. The average Bonchev–Trinajstić information content (AvgIpc) is 2.69. The third-order valence-corrected chi connectivity index (χ3v) is 4.67. The summed E-state index contributed by atoms with van der Waals surface area (Å²) in [5, 5.41) is 13.9. The van der Waals surface area contributed by atoms with Crippen molar-refractivity contribution >= 4 is 11.6 Å². The van der Waals surface area contributed by atoms with Gasteiger partial charge in [0.1, 0.15) is 0 Å². The van der Waals surface area contributed by atoms with Crippen LogP contribution in [0.15, 0.2) is 48.5 Å². The number of morpholine rings is 1. The fraction of sp³-hybridized carbons (Fsp3) is 0.350. The van der Waals surface area contributed by atoms with Crippen LogP contribution in [0.4, 0.5) is 5.69 Å². The molecular weight excluding hydrogens is 346 g/mol. The van der Waals surface area contributed by atoms with Crippen LogP contribution in [0.3, 0.4) is 0 Å². The molecule has 0 spiro atoms. The van der Waals surface area contributed by atoms with Gasteiger partial charge >= 0.3 is 0 Å². The number of hydrogen-bond donors (Lipinski definition) is 1. The lowest BCUT2D eigenvalue weighted by molar-refractivity contribution is -0.384. The standard InChI is InChI=1S/C20H23N3O4/c1-15-2-4-16(5-3-15)19(14-22-10-12-27-13-11-22)21-20(24)17-6-8-18(9-7-17)23(25)26/h2-9,19H,10-14H2,1H3,(H,21,24)/t19-/m0/s1. The molecule has 0 aliphatic carbocycles. The predicted octanol–water partition coefficient (Wildman–Crippen LogP) is 2.71. The van der Waals surface area contributed by atoms with Crippen LogP contribution in [0.2, 0.25) is 0 Å². The molecule has 2 aromatic carbocycles. The van der Waals surface area contributed by atoms with Gasteiger partial charge in [-0.15, -0.1) is 0 Å². The minimum absolute atomic E-state index is 0.0325. The Morgan fingerprint density at radius 2 is 1.78 bits per heavy atom. The number of hydrogen-bond acceptors (Lipinski definition) is 5. The molecule has 3 rings (SSSR count). The van der Waals surface area contributed by atoms with E-state index in [4.69, 9.17) is 4.74 Å². The number of aryl methyl sites for hydroxylation is 1. The van der Waals surface area contributed by atoms with Crippen LogP contribution in [0.5, 0.6) is 0 Å². The molecule has 1 N–H and O–H groups in total. The molecule has 0 bridgehead atoms. The molecule has 1 atom stereocenters. The van der Waals surface area contributed by atoms with E-state index in [1.807, 2.05) is 31.2 Å². The summed E-state index contributed by atoms with van der Waals surface area (Å²) in [7, 11) is 0.